The third-order valence-electron chi connectivity index (χ3n) is 2.56. The molecule has 0 bridgehead atoms. The van der Waals surface area contributed by atoms with Crippen molar-refractivity contribution in [2.75, 3.05) is 17.7 Å². The van der Waals surface area contributed by atoms with Crippen molar-refractivity contribution in [3.8, 4) is 0 Å². The van der Waals surface area contributed by atoms with Crippen molar-refractivity contribution in [3.05, 3.63) is 47.5 Å². The van der Waals surface area contributed by atoms with Gasteiger partial charge in [0.15, 0.2) is 23.3 Å². The molecule has 0 aliphatic rings. The van der Waals surface area contributed by atoms with E-state index in [4.69, 9.17) is 0 Å². The van der Waals surface area contributed by atoms with Crippen LogP contribution in [0, 0.1) is 18.6 Å². The molecule has 0 atom stereocenters. The summed E-state index contributed by atoms with van der Waals surface area (Å²) in [5, 5.41) is 5.42. The van der Waals surface area contributed by atoms with Gasteiger partial charge in [0.05, 0.1) is 0 Å². The maximum atomic E-state index is 13.6. The average molecular weight is 249 g/mol. The average Bonchev–Trinajstić information content (AvgIpc) is 2.35. The Hall–Kier alpha value is -2.17. The second kappa shape index (κ2) is 5.00. The zero-order valence-corrected chi connectivity index (χ0v) is 10.1. The van der Waals surface area contributed by atoms with E-state index in [2.05, 4.69) is 15.6 Å². The summed E-state index contributed by atoms with van der Waals surface area (Å²) in [4.78, 5) is 3.85. The molecule has 0 saturated heterocycles. The van der Waals surface area contributed by atoms with Gasteiger partial charge in [0.2, 0.25) is 0 Å². The molecule has 18 heavy (non-hydrogen) atoms. The minimum absolute atomic E-state index is 0.00458. The van der Waals surface area contributed by atoms with Gasteiger partial charge < -0.3 is 10.6 Å². The molecule has 0 saturated carbocycles. The van der Waals surface area contributed by atoms with Crippen LogP contribution < -0.4 is 10.6 Å². The van der Waals surface area contributed by atoms with Crippen molar-refractivity contribution in [1.82, 2.24) is 4.98 Å². The minimum Gasteiger partial charge on any atom is -0.371 e. The number of nitrogens with one attached hydrogen (secondary N) is 2. The first-order valence-corrected chi connectivity index (χ1v) is 5.48. The van der Waals surface area contributed by atoms with Crippen molar-refractivity contribution in [2.24, 2.45) is 0 Å². The van der Waals surface area contributed by atoms with Crippen LogP contribution in [-0.4, -0.2) is 12.0 Å². The number of halogens is 2. The Morgan fingerprint density at radius 3 is 2.39 bits per heavy atom. The molecule has 94 valence electrons. The highest BCUT2D eigenvalue weighted by Gasteiger charge is 2.11. The normalized spacial score (nSPS) is 10.2. The Morgan fingerprint density at radius 1 is 1.06 bits per heavy atom. The van der Waals surface area contributed by atoms with Gasteiger partial charge in [-0.3, -0.25) is 0 Å². The van der Waals surface area contributed by atoms with E-state index in [1.807, 2.05) is 25.1 Å². The third-order valence-corrected chi connectivity index (χ3v) is 2.56. The molecule has 2 rings (SSSR count). The summed E-state index contributed by atoms with van der Waals surface area (Å²) >= 11 is 0. The summed E-state index contributed by atoms with van der Waals surface area (Å²) in [5.41, 5.74) is 1.69. The van der Waals surface area contributed by atoms with E-state index in [9.17, 15) is 8.78 Å². The summed E-state index contributed by atoms with van der Waals surface area (Å²) in [6.45, 7) is 1.89. The van der Waals surface area contributed by atoms with E-state index < -0.39 is 11.6 Å². The maximum Gasteiger partial charge on any atom is 0.169 e. The van der Waals surface area contributed by atoms with Crippen LogP contribution in [0.25, 0.3) is 0 Å². The van der Waals surface area contributed by atoms with Gasteiger partial charge in [-0.2, -0.15) is 0 Å². The Labute approximate surface area is 104 Å². The number of hydrogen-bond donors (Lipinski definition) is 2. The maximum absolute atomic E-state index is 13.6. The Bertz CT molecular complexity index is 570. The lowest BCUT2D eigenvalue weighted by molar-refractivity contribution is 0.580. The molecule has 2 aromatic rings. The summed E-state index contributed by atoms with van der Waals surface area (Å²) in [5.74, 6) is -1.44. The highest BCUT2D eigenvalue weighted by atomic mass is 19.1. The molecule has 1 aromatic carbocycles. The molecule has 0 radical (unpaired) electrons. The zero-order chi connectivity index (χ0) is 13.1. The van der Waals surface area contributed by atoms with E-state index >= 15 is 0 Å². The molecule has 0 fully saturated rings. The van der Waals surface area contributed by atoms with Gasteiger partial charge in [-0.1, -0.05) is 18.2 Å². The SMILES string of the molecule is CNc1nc(Nc2ccccc2C)c(F)cc1F. The molecule has 3 nitrogen and oxygen atoms in total. The van der Waals surface area contributed by atoms with Crippen LogP contribution in [0.15, 0.2) is 30.3 Å². The highest BCUT2D eigenvalue weighted by Crippen LogP contribution is 2.23. The number of aryl methyl sites for hydroxylation is 1. The quantitative estimate of drug-likeness (QED) is 0.874. The Kier molecular flexibility index (Phi) is 3.41. The number of hydrogen-bond acceptors (Lipinski definition) is 3. The third kappa shape index (κ3) is 2.40. The minimum atomic E-state index is -0.727. The summed E-state index contributed by atoms with van der Waals surface area (Å²) in [7, 11) is 1.53. The molecule has 0 aliphatic heterocycles. The topological polar surface area (TPSA) is 37.0 Å². The van der Waals surface area contributed by atoms with Crippen LogP contribution >= 0.6 is 0 Å². The first-order valence-electron chi connectivity index (χ1n) is 5.48. The van der Waals surface area contributed by atoms with E-state index in [1.54, 1.807) is 6.07 Å². The Morgan fingerprint density at radius 2 is 1.72 bits per heavy atom. The van der Waals surface area contributed by atoms with Gasteiger partial charge in [-0.25, -0.2) is 13.8 Å². The van der Waals surface area contributed by atoms with Crippen molar-refractivity contribution < 1.29 is 8.78 Å². The Balaban J connectivity index is 2.38. The fourth-order valence-corrected chi connectivity index (χ4v) is 1.57. The summed E-state index contributed by atoms with van der Waals surface area (Å²) in [6.07, 6.45) is 0. The van der Waals surface area contributed by atoms with Crippen molar-refractivity contribution in [1.29, 1.82) is 0 Å². The number of nitrogens with zero attached hydrogens (tertiary/aromatic N) is 1. The van der Waals surface area contributed by atoms with Gasteiger partial charge >= 0.3 is 0 Å². The number of para-hydroxylation sites is 1. The number of benzene rings is 1. The summed E-state index contributed by atoms with van der Waals surface area (Å²) < 4.78 is 26.8. The highest BCUT2D eigenvalue weighted by molar-refractivity contribution is 5.62. The van der Waals surface area contributed by atoms with Gasteiger partial charge in [0.25, 0.3) is 0 Å². The molecule has 0 aliphatic carbocycles. The van der Waals surface area contributed by atoms with Crippen LogP contribution in [0.3, 0.4) is 0 Å². The number of rotatable bonds is 3. The second-order valence-electron chi connectivity index (χ2n) is 3.84. The van der Waals surface area contributed by atoms with Crippen LogP contribution in [0.1, 0.15) is 5.56 Å². The van der Waals surface area contributed by atoms with Crippen molar-refractivity contribution in [2.45, 2.75) is 6.92 Å². The molecule has 1 aromatic heterocycles. The van der Waals surface area contributed by atoms with Crippen LogP contribution in [0.4, 0.5) is 26.1 Å². The lowest BCUT2D eigenvalue weighted by Crippen LogP contribution is -2.04. The molecule has 1 heterocycles. The predicted octanol–water partition coefficient (Wildman–Crippen LogP) is 3.45. The predicted molar refractivity (Wildman–Crippen MR) is 68.2 cm³/mol. The van der Waals surface area contributed by atoms with Gasteiger partial charge in [-0.05, 0) is 18.6 Å². The standard InChI is InChI=1S/C13H13F2N3/c1-8-5-3-4-6-11(8)17-13-10(15)7-9(14)12(16-2)18-13/h3-7H,1-2H3,(H2,16,17,18). The van der Waals surface area contributed by atoms with E-state index in [0.717, 1.165) is 17.3 Å². The first-order chi connectivity index (χ1) is 8.61. The number of anilines is 3. The summed E-state index contributed by atoms with van der Waals surface area (Å²) in [6, 6.07) is 8.21. The van der Waals surface area contributed by atoms with Crippen LogP contribution in [0.5, 0.6) is 0 Å². The number of aromatic nitrogens is 1. The van der Waals surface area contributed by atoms with Crippen LogP contribution in [-0.2, 0) is 0 Å². The second-order valence-corrected chi connectivity index (χ2v) is 3.84. The first kappa shape index (κ1) is 12.3. The van der Waals surface area contributed by atoms with E-state index in [1.165, 1.54) is 7.05 Å². The monoisotopic (exact) mass is 249 g/mol. The lowest BCUT2D eigenvalue weighted by atomic mass is 10.2. The fraction of sp³-hybridized carbons (Fsp3) is 0.154. The molecule has 0 unspecified atom stereocenters. The largest absolute Gasteiger partial charge is 0.371 e. The van der Waals surface area contributed by atoms with E-state index in [0.29, 0.717) is 0 Å². The van der Waals surface area contributed by atoms with E-state index in [-0.39, 0.29) is 11.6 Å². The van der Waals surface area contributed by atoms with Crippen molar-refractivity contribution in [3.63, 3.8) is 0 Å². The van der Waals surface area contributed by atoms with Gasteiger partial charge in [0.1, 0.15) is 0 Å². The zero-order valence-electron chi connectivity index (χ0n) is 10.1. The molecular weight excluding hydrogens is 236 g/mol. The fourth-order valence-electron chi connectivity index (χ4n) is 1.57. The van der Waals surface area contributed by atoms with Crippen LogP contribution in [0.2, 0.25) is 0 Å². The smallest absolute Gasteiger partial charge is 0.169 e. The van der Waals surface area contributed by atoms with Gasteiger partial charge in [0, 0.05) is 18.8 Å². The number of pyridine rings is 1. The molecule has 0 amide bonds. The molecule has 5 heteroatoms. The molecular formula is C13H13F2N3. The van der Waals surface area contributed by atoms with Crippen molar-refractivity contribution >= 4 is 17.3 Å². The van der Waals surface area contributed by atoms with Gasteiger partial charge in [-0.15, -0.1) is 0 Å². The molecule has 2 N–H and O–H groups in total. The molecule has 0 spiro atoms. The lowest BCUT2D eigenvalue weighted by Gasteiger charge is -2.11.